The number of likely N-dealkylation sites (N-methyl/N-ethyl adjacent to an activating group) is 1. The molecule has 0 fully saturated rings. The molecule has 18 heavy (non-hydrogen) atoms. The van der Waals surface area contributed by atoms with Crippen LogP contribution in [0.4, 0.5) is 0 Å². The highest BCUT2D eigenvalue weighted by atomic mass is 14.9. The topological polar surface area (TPSA) is 24.1 Å². The van der Waals surface area contributed by atoms with Gasteiger partial charge in [-0.3, -0.25) is 0 Å². The molecule has 0 bridgehead atoms. The molecule has 0 saturated heterocycles. The maximum Gasteiger partial charge on any atom is 0.00770 e. The van der Waals surface area contributed by atoms with Crippen molar-refractivity contribution in [2.24, 2.45) is 0 Å². The first-order valence-electron chi connectivity index (χ1n) is 6.96. The second-order valence-corrected chi connectivity index (χ2v) is 5.73. The van der Waals surface area contributed by atoms with Crippen molar-refractivity contribution in [1.82, 2.24) is 10.6 Å². The van der Waals surface area contributed by atoms with Crippen molar-refractivity contribution >= 4 is 0 Å². The van der Waals surface area contributed by atoms with Crippen LogP contribution in [0.2, 0.25) is 0 Å². The van der Waals surface area contributed by atoms with Crippen molar-refractivity contribution in [3.63, 3.8) is 0 Å². The zero-order chi connectivity index (χ0) is 13.6. The summed E-state index contributed by atoms with van der Waals surface area (Å²) in [6, 6.07) is 6.76. The number of nitrogens with one attached hydrogen (secondary N) is 2. The lowest BCUT2D eigenvalue weighted by Gasteiger charge is -2.28. The standard InChI is InChI=1S/C16H28N2/c1-6-17-9-10-18-12-16(4,5)15-8-7-13(2)11-14(15)3/h7-8,11,17-18H,6,9-10,12H2,1-5H3. The van der Waals surface area contributed by atoms with Gasteiger partial charge in [0.25, 0.3) is 0 Å². The van der Waals surface area contributed by atoms with Crippen LogP contribution in [0.1, 0.15) is 37.5 Å². The predicted molar refractivity (Wildman–Crippen MR) is 80.4 cm³/mol. The molecule has 0 aromatic heterocycles. The van der Waals surface area contributed by atoms with E-state index in [-0.39, 0.29) is 5.41 Å². The van der Waals surface area contributed by atoms with E-state index in [1.165, 1.54) is 16.7 Å². The molecule has 1 aromatic rings. The van der Waals surface area contributed by atoms with Gasteiger partial charge in [-0.1, -0.05) is 44.5 Å². The Hall–Kier alpha value is -0.860. The van der Waals surface area contributed by atoms with Gasteiger partial charge >= 0.3 is 0 Å². The fraction of sp³-hybridized carbons (Fsp3) is 0.625. The highest BCUT2D eigenvalue weighted by molar-refractivity contribution is 5.35. The minimum absolute atomic E-state index is 0.185. The van der Waals surface area contributed by atoms with Crippen LogP contribution in [-0.4, -0.2) is 26.2 Å². The summed E-state index contributed by atoms with van der Waals surface area (Å²) in [5.41, 5.74) is 4.37. The molecule has 1 aromatic carbocycles. The third-order valence-corrected chi connectivity index (χ3v) is 3.41. The third kappa shape index (κ3) is 4.43. The SMILES string of the molecule is CCNCCNCC(C)(C)c1ccc(C)cc1C. The van der Waals surface area contributed by atoms with E-state index in [0.29, 0.717) is 0 Å². The summed E-state index contributed by atoms with van der Waals surface area (Å²) in [7, 11) is 0. The van der Waals surface area contributed by atoms with E-state index in [9.17, 15) is 0 Å². The lowest BCUT2D eigenvalue weighted by atomic mass is 9.81. The van der Waals surface area contributed by atoms with Crippen LogP contribution in [0.3, 0.4) is 0 Å². The summed E-state index contributed by atoms with van der Waals surface area (Å²) in [5.74, 6) is 0. The van der Waals surface area contributed by atoms with Crippen molar-refractivity contribution in [2.45, 2.75) is 40.0 Å². The van der Waals surface area contributed by atoms with Gasteiger partial charge in [-0.05, 0) is 31.5 Å². The molecule has 2 heteroatoms. The second kappa shape index (κ2) is 6.91. The Morgan fingerprint density at radius 2 is 1.72 bits per heavy atom. The van der Waals surface area contributed by atoms with Crippen LogP contribution >= 0.6 is 0 Å². The predicted octanol–water partition coefficient (Wildman–Crippen LogP) is 2.78. The van der Waals surface area contributed by atoms with Crippen LogP contribution in [0.25, 0.3) is 0 Å². The Balaban J connectivity index is 2.56. The number of hydrogen-bond acceptors (Lipinski definition) is 2. The first kappa shape index (κ1) is 15.2. The smallest absolute Gasteiger partial charge is 0.00770 e. The minimum Gasteiger partial charge on any atom is -0.316 e. The van der Waals surface area contributed by atoms with Crippen molar-refractivity contribution in [3.05, 3.63) is 34.9 Å². The molecule has 0 heterocycles. The summed E-state index contributed by atoms with van der Waals surface area (Å²) in [6.45, 7) is 15.3. The van der Waals surface area contributed by atoms with Gasteiger partial charge in [-0.2, -0.15) is 0 Å². The van der Waals surface area contributed by atoms with E-state index < -0.39 is 0 Å². The highest BCUT2D eigenvalue weighted by Crippen LogP contribution is 2.26. The molecule has 0 amide bonds. The molecule has 2 nitrogen and oxygen atoms in total. The van der Waals surface area contributed by atoms with Gasteiger partial charge in [-0.25, -0.2) is 0 Å². The average molecular weight is 248 g/mol. The van der Waals surface area contributed by atoms with Gasteiger partial charge in [0.15, 0.2) is 0 Å². The van der Waals surface area contributed by atoms with Crippen LogP contribution in [0.5, 0.6) is 0 Å². The zero-order valence-electron chi connectivity index (χ0n) is 12.6. The molecule has 0 saturated carbocycles. The molecule has 0 radical (unpaired) electrons. The van der Waals surface area contributed by atoms with E-state index >= 15 is 0 Å². The fourth-order valence-electron chi connectivity index (χ4n) is 2.42. The Morgan fingerprint density at radius 3 is 2.33 bits per heavy atom. The summed E-state index contributed by atoms with van der Waals surface area (Å²) in [6.07, 6.45) is 0. The highest BCUT2D eigenvalue weighted by Gasteiger charge is 2.21. The van der Waals surface area contributed by atoms with E-state index in [2.05, 4.69) is 63.5 Å². The maximum absolute atomic E-state index is 3.54. The Morgan fingerprint density at radius 1 is 1.06 bits per heavy atom. The van der Waals surface area contributed by atoms with Crippen molar-refractivity contribution in [3.8, 4) is 0 Å². The molecule has 0 spiro atoms. The molecule has 1 rings (SSSR count). The summed E-state index contributed by atoms with van der Waals surface area (Å²) in [5, 5.41) is 6.87. The van der Waals surface area contributed by atoms with Gasteiger partial charge in [0.05, 0.1) is 0 Å². The quantitative estimate of drug-likeness (QED) is 0.725. The van der Waals surface area contributed by atoms with Crippen LogP contribution in [0, 0.1) is 13.8 Å². The van der Waals surface area contributed by atoms with Crippen LogP contribution < -0.4 is 10.6 Å². The largest absolute Gasteiger partial charge is 0.316 e. The molecule has 0 aliphatic rings. The average Bonchev–Trinajstić information content (AvgIpc) is 2.28. The first-order chi connectivity index (χ1) is 8.47. The lowest BCUT2D eigenvalue weighted by Crippen LogP contribution is -2.37. The maximum atomic E-state index is 3.54. The van der Waals surface area contributed by atoms with E-state index in [1.54, 1.807) is 0 Å². The number of rotatable bonds is 7. The summed E-state index contributed by atoms with van der Waals surface area (Å²) < 4.78 is 0. The van der Waals surface area contributed by atoms with Crippen molar-refractivity contribution < 1.29 is 0 Å². The molecule has 102 valence electrons. The van der Waals surface area contributed by atoms with Crippen molar-refractivity contribution in [1.29, 1.82) is 0 Å². The van der Waals surface area contributed by atoms with E-state index in [1.807, 2.05) is 0 Å². The second-order valence-electron chi connectivity index (χ2n) is 5.73. The molecule has 0 aliphatic heterocycles. The molecule has 0 aliphatic carbocycles. The number of hydrogen-bond donors (Lipinski definition) is 2. The molecular formula is C16H28N2. The third-order valence-electron chi connectivity index (χ3n) is 3.41. The lowest BCUT2D eigenvalue weighted by molar-refractivity contribution is 0.464. The van der Waals surface area contributed by atoms with Gasteiger partial charge in [0, 0.05) is 25.0 Å². The molecule has 0 atom stereocenters. The zero-order valence-corrected chi connectivity index (χ0v) is 12.6. The van der Waals surface area contributed by atoms with Crippen LogP contribution in [0.15, 0.2) is 18.2 Å². The molecule has 0 unspecified atom stereocenters. The van der Waals surface area contributed by atoms with Gasteiger partial charge < -0.3 is 10.6 Å². The Bertz CT molecular complexity index is 369. The van der Waals surface area contributed by atoms with Gasteiger partial charge in [0.2, 0.25) is 0 Å². The van der Waals surface area contributed by atoms with E-state index in [4.69, 9.17) is 0 Å². The van der Waals surface area contributed by atoms with Gasteiger partial charge in [-0.15, -0.1) is 0 Å². The monoisotopic (exact) mass is 248 g/mol. The summed E-state index contributed by atoms with van der Waals surface area (Å²) in [4.78, 5) is 0. The van der Waals surface area contributed by atoms with E-state index in [0.717, 1.165) is 26.2 Å². The normalized spacial score (nSPS) is 11.8. The first-order valence-corrected chi connectivity index (χ1v) is 6.96. The number of benzene rings is 1. The summed E-state index contributed by atoms with van der Waals surface area (Å²) >= 11 is 0. The number of aryl methyl sites for hydroxylation is 2. The fourth-order valence-corrected chi connectivity index (χ4v) is 2.42. The minimum atomic E-state index is 0.185. The molecular weight excluding hydrogens is 220 g/mol. The van der Waals surface area contributed by atoms with Gasteiger partial charge in [0.1, 0.15) is 0 Å². The molecule has 2 N–H and O–H groups in total. The Kier molecular flexibility index (Phi) is 5.83. The van der Waals surface area contributed by atoms with Crippen molar-refractivity contribution in [2.75, 3.05) is 26.2 Å². The van der Waals surface area contributed by atoms with Crippen LogP contribution in [-0.2, 0) is 5.41 Å². The Labute approximate surface area is 112 Å².